The lowest BCUT2D eigenvalue weighted by molar-refractivity contribution is -0.141. The minimum atomic E-state index is -4.20. The molecule has 1 aromatic carbocycles. The summed E-state index contributed by atoms with van der Waals surface area (Å²) < 4.78 is 60.1. The number of methoxy groups -OCH3 is 1. The van der Waals surface area contributed by atoms with E-state index in [0.29, 0.717) is 41.7 Å². The van der Waals surface area contributed by atoms with Crippen LogP contribution in [-0.4, -0.2) is 96.9 Å². The SMILES string of the molecule is COC1=CCC(CS(=O)(=O)NC(=O)[C@@]23C[C@H]2CCCCCCC[C@H](NC(=O)OC(C)(C)C)C(=O)N2C[C@H](OC(=O)N4Cc5cccc(F)c5C4)C[C@H]2C(=O)N3)=CC=C1. The van der Waals surface area contributed by atoms with E-state index in [0.717, 1.165) is 25.7 Å². The molecule has 15 nitrogen and oxygen atoms in total. The molecule has 5 amide bonds. The summed E-state index contributed by atoms with van der Waals surface area (Å²) in [7, 11) is -2.69. The Morgan fingerprint density at radius 2 is 1.79 bits per heavy atom. The number of halogens is 1. The van der Waals surface area contributed by atoms with Crippen LogP contribution in [0, 0.1) is 11.7 Å². The van der Waals surface area contributed by atoms with E-state index in [1.54, 1.807) is 57.2 Å². The Labute approximate surface area is 338 Å². The third kappa shape index (κ3) is 10.4. The molecule has 0 unspecified atom stereocenters. The van der Waals surface area contributed by atoms with Crippen molar-refractivity contribution < 1.29 is 51.0 Å². The highest BCUT2D eigenvalue weighted by molar-refractivity contribution is 7.90. The van der Waals surface area contributed by atoms with Crippen molar-refractivity contribution in [2.45, 2.75) is 127 Å². The molecule has 0 aromatic heterocycles. The Bertz CT molecular complexity index is 1990. The highest BCUT2D eigenvalue weighted by Gasteiger charge is 2.62. The van der Waals surface area contributed by atoms with Gasteiger partial charge in [-0.25, -0.2) is 22.4 Å². The Hall–Kier alpha value is -4.93. The molecule has 1 aromatic rings. The molecule has 6 rings (SSSR count). The molecule has 2 saturated heterocycles. The van der Waals surface area contributed by atoms with E-state index in [1.165, 1.54) is 23.0 Å². The smallest absolute Gasteiger partial charge is 0.410 e. The zero-order valence-corrected chi connectivity index (χ0v) is 34.3. The third-order valence-electron chi connectivity index (χ3n) is 11.2. The van der Waals surface area contributed by atoms with Crippen LogP contribution in [0.2, 0.25) is 0 Å². The van der Waals surface area contributed by atoms with Crippen LogP contribution in [0.3, 0.4) is 0 Å². The van der Waals surface area contributed by atoms with Crippen molar-refractivity contribution in [3.8, 4) is 0 Å². The largest absolute Gasteiger partial charge is 0.497 e. The number of allylic oxidation sites excluding steroid dienone is 4. The maximum atomic E-state index is 14.5. The minimum Gasteiger partial charge on any atom is -0.497 e. The second kappa shape index (κ2) is 17.5. The molecular formula is C41H54FN5O10S. The first kappa shape index (κ1) is 42.7. The number of alkyl carbamates (subject to hydrolysis) is 1. The van der Waals surface area contributed by atoms with Crippen molar-refractivity contribution in [2.24, 2.45) is 5.92 Å². The number of ether oxygens (including phenoxy) is 3. The molecule has 3 fully saturated rings. The summed E-state index contributed by atoms with van der Waals surface area (Å²) in [5.74, 6) is -2.86. The number of hydrogen-bond acceptors (Lipinski definition) is 10. The summed E-state index contributed by atoms with van der Waals surface area (Å²) in [6, 6.07) is 2.27. The van der Waals surface area contributed by atoms with Gasteiger partial charge >= 0.3 is 12.2 Å². The van der Waals surface area contributed by atoms with E-state index in [9.17, 15) is 36.8 Å². The summed E-state index contributed by atoms with van der Waals surface area (Å²) in [5.41, 5.74) is -0.857. The average molecular weight is 828 g/mol. The number of carbonyl (C=O) groups excluding carboxylic acids is 5. The number of benzene rings is 1. The van der Waals surface area contributed by atoms with Gasteiger partial charge < -0.3 is 29.7 Å². The number of fused-ring (bicyclic) bond motifs is 3. The highest BCUT2D eigenvalue weighted by Crippen LogP contribution is 2.48. The number of amides is 5. The standard InChI is InChI=1S/C41H54FN5O10S/c1-40(2,3)57-38(51)43-33-17-9-7-5-6-8-14-28-21-41(28,37(50)45-58(53,54)25-26-12-10-15-29(55-4)19-18-26)44-35(48)34-20-30(23-47(34)36(33)49)56-39(52)46-22-27-13-11-16-32(42)31(27)24-46/h10-13,15-16,19,28,30,33-34H,5-9,14,17-18,20-25H2,1-4H3,(H,43,51)(H,44,48)(H,45,50)/t28-,30-,33+,34+,41-/m1/s1. The molecule has 316 valence electrons. The number of nitrogens with zero attached hydrogens (tertiary/aromatic N) is 2. The number of hydrogen-bond donors (Lipinski definition) is 3. The van der Waals surface area contributed by atoms with E-state index < -0.39 is 80.8 Å². The lowest BCUT2D eigenvalue weighted by Crippen LogP contribution is -2.58. The molecule has 2 aliphatic carbocycles. The zero-order valence-electron chi connectivity index (χ0n) is 33.5. The van der Waals surface area contributed by atoms with Gasteiger partial charge in [0.2, 0.25) is 21.8 Å². The highest BCUT2D eigenvalue weighted by atomic mass is 32.2. The quantitative estimate of drug-likeness (QED) is 0.350. The molecule has 1 saturated carbocycles. The van der Waals surface area contributed by atoms with Crippen LogP contribution in [-0.2, 0) is 51.7 Å². The Morgan fingerprint density at radius 1 is 1.05 bits per heavy atom. The molecule has 0 spiro atoms. The summed E-state index contributed by atoms with van der Waals surface area (Å²) in [5, 5.41) is 5.53. The van der Waals surface area contributed by atoms with Gasteiger partial charge in [-0.15, -0.1) is 0 Å². The van der Waals surface area contributed by atoms with Crippen LogP contribution in [0.4, 0.5) is 14.0 Å². The number of sulfonamides is 1. The number of rotatable bonds is 7. The van der Waals surface area contributed by atoms with Crippen LogP contribution in [0.25, 0.3) is 0 Å². The van der Waals surface area contributed by atoms with Crippen molar-refractivity contribution in [1.29, 1.82) is 0 Å². The normalized spacial score (nSPS) is 26.6. The fraction of sp³-hybridized carbons (Fsp3) is 0.585. The summed E-state index contributed by atoms with van der Waals surface area (Å²) in [6.45, 7) is 4.99. The molecule has 0 radical (unpaired) electrons. The maximum absolute atomic E-state index is 14.5. The van der Waals surface area contributed by atoms with Gasteiger partial charge in [0, 0.05) is 18.5 Å². The van der Waals surface area contributed by atoms with Gasteiger partial charge in [0.15, 0.2) is 0 Å². The monoisotopic (exact) mass is 827 g/mol. The fourth-order valence-electron chi connectivity index (χ4n) is 8.17. The van der Waals surface area contributed by atoms with Gasteiger partial charge in [0.1, 0.15) is 40.9 Å². The second-order valence-corrected chi connectivity index (χ2v) is 18.5. The summed E-state index contributed by atoms with van der Waals surface area (Å²) >= 11 is 0. The predicted molar refractivity (Wildman–Crippen MR) is 209 cm³/mol. The van der Waals surface area contributed by atoms with Crippen LogP contribution in [0.5, 0.6) is 0 Å². The molecular weight excluding hydrogens is 774 g/mol. The topological polar surface area (TPSA) is 190 Å². The molecule has 17 heteroatoms. The van der Waals surface area contributed by atoms with Gasteiger partial charge in [-0.3, -0.25) is 24.0 Å². The van der Waals surface area contributed by atoms with Crippen molar-refractivity contribution >= 4 is 39.9 Å². The molecule has 3 N–H and O–H groups in total. The second-order valence-electron chi connectivity index (χ2n) is 16.8. The van der Waals surface area contributed by atoms with E-state index in [4.69, 9.17) is 14.2 Å². The Morgan fingerprint density at radius 3 is 2.52 bits per heavy atom. The molecule has 3 aliphatic heterocycles. The predicted octanol–water partition coefficient (Wildman–Crippen LogP) is 4.62. The average Bonchev–Trinajstić information content (AvgIpc) is 3.49. The van der Waals surface area contributed by atoms with Crippen LogP contribution in [0.15, 0.2) is 53.8 Å². The first-order valence-electron chi connectivity index (χ1n) is 20.0. The number of carbonyl (C=O) groups is 5. The van der Waals surface area contributed by atoms with Gasteiger partial charge in [-0.1, -0.05) is 56.4 Å². The third-order valence-corrected chi connectivity index (χ3v) is 12.5. The van der Waals surface area contributed by atoms with Gasteiger partial charge in [0.05, 0.1) is 26.0 Å². The van der Waals surface area contributed by atoms with Gasteiger partial charge in [0.25, 0.3) is 5.91 Å². The van der Waals surface area contributed by atoms with E-state index in [1.807, 2.05) is 0 Å². The lowest BCUT2D eigenvalue weighted by Gasteiger charge is -2.30. The van der Waals surface area contributed by atoms with E-state index >= 15 is 0 Å². The molecule has 5 atom stereocenters. The lowest BCUT2D eigenvalue weighted by atomic mass is 10.0. The maximum Gasteiger partial charge on any atom is 0.410 e. The van der Waals surface area contributed by atoms with Crippen molar-refractivity contribution in [3.63, 3.8) is 0 Å². The van der Waals surface area contributed by atoms with Crippen LogP contribution >= 0.6 is 0 Å². The minimum absolute atomic E-state index is 0.0111. The number of nitrogens with one attached hydrogen (secondary N) is 3. The summed E-state index contributed by atoms with van der Waals surface area (Å²) in [4.78, 5) is 71.9. The fourth-order valence-corrected chi connectivity index (χ4v) is 9.40. The molecule has 3 heterocycles. The molecule has 58 heavy (non-hydrogen) atoms. The first-order chi connectivity index (χ1) is 27.5. The van der Waals surface area contributed by atoms with Crippen LogP contribution in [0.1, 0.15) is 96.1 Å². The van der Waals surface area contributed by atoms with Gasteiger partial charge in [-0.2, -0.15) is 0 Å². The van der Waals surface area contributed by atoms with Crippen LogP contribution < -0.4 is 15.4 Å². The van der Waals surface area contributed by atoms with Crippen molar-refractivity contribution in [3.05, 3.63) is 70.8 Å². The Balaban J connectivity index is 1.23. The first-order valence-corrected chi connectivity index (χ1v) is 21.6. The van der Waals surface area contributed by atoms with Gasteiger partial charge in [-0.05, 0) is 81.7 Å². The van der Waals surface area contributed by atoms with E-state index in [-0.39, 0.29) is 44.8 Å². The van der Waals surface area contributed by atoms with Crippen molar-refractivity contribution in [1.82, 2.24) is 25.2 Å². The summed E-state index contributed by atoms with van der Waals surface area (Å²) in [6.07, 6.45) is 9.07. The molecule has 5 aliphatic rings. The Kier molecular flexibility index (Phi) is 12.9. The van der Waals surface area contributed by atoms with E-state index in [2.05, 4.69) is 15.4 Å². The van der Waals surface area contributed by atoms with Crippen molar-refractivity contribution in [2.75, 3.05) is 19.4 Å². The molecule has 0 bridgehead atoms. The zero-order chi connectivity index (χ0) is 41.8.